The van der Waals surface area contributed by atoms with E-state index in [1.165, 1.54) is 4.90 Å². The zero-order valence-electron chi connectivity index (χ0n) is 22.3. The van der Waals surface area contributed by atoms with Crippen LogP contribution in [0.4, 0.5) is 10.2 Å². The second-order valence-electron chi connectivity index (χ2n) is 11.5. The van der Waals surface area contributed by atoms with Crippen LogP contribution in [-0.2, 0) is 29.4 Å². The summed E-state index contributed by atoms with van der Waals surface area (Å²) in [6.07, 6.45) is 3.89. The molecule has 4 heterocycles. The molecule has 0 saturated heterocycles. The normalized spacial score (nSPS) is 16.3. The zero-order chi connectivity index (χ0) is 26.5. The van der Waals surface area contributed by atoms with Crippen LogP contribution in [0.3, 0.4) is 0 Å². The Morgan fingerprint density at radius 1 is 1.30 bits per heavy atom. The van der Waals surface area contributed by atoms with E-state index in [1.54, 1.807) is 32.3 Å². The van der Waals surface area contributed by atoms with Crippen molar-refractivity contribution < 1.29 is 18.7 Å². The van der Waals surface area contributed by atoms with Crippen LogP contribution in [0.25, 0.3) is 11.0 Å². The average molecular weight is 526 g/mol. The number of carbonyl (C=O) groups is 1. The first kappa shape index (κ1) is 25.8. The van der Waals surface area contributed by atoms with Crippen LogP contribution in [0.1, 0.15) is 64.6 Å². The molecular weight excluding hydrogens is 489 g/mol. The summed E-state index contributed by atoms with van der Waals surface area (Å²) in [4.78, 5) is 24.3. The van der Waals surface area contributed by atoms with Crippen molar-refractivity contribution in [3.05, 3.63) is 52.2 Å². The minimum absolute atomic E-state index is 0.206. The number of fused-ring (bicyclic) bond motifs is 3. The molecule has 0 spiro atoms. The standard InChI is InChI=1S/C27H36FN5O3Si/c1-16(24-21(28)10-18(12-30-24)17-6-7-17)32(2)27(34)23-11-22-25(19-13-36-14-20(19)26(29)31-22)33(23)15-35-8-9-37(3,4)5/h10-12,16-17H,6-9,13-15H2,1-5H3,(H2,29,31). The van der Waals surface area contributed by atoms with Crippen LogP contribution in [0.5, 0.6) is 0 Å². The van der Waals surface area contributed by atoms with Gasteiger partial charge >= 0.3 is 0 Å². The number of nitrogen functional groups attached to an aromatic ring is 1. The molecule has 8 nitrogen and oxygen atoms in total. The van der Waals surface area contributed by atoms with Crippen molar-refractivity contribution >= 4 is 30.8 Å². The van der Waals surface area contributed by atoms with Crippen molar-refractivity contribution in [2.75, 3.05) is 19.4 Å². The van der Waals surface area contributed by atoms with Crippen LogP contribution < -0.4 is 5.73 Å². The first-order valence-electron chi connectivity index (χ1n) is 12.9. The molecule has 2 N–H and O–H groups in total. The highest BCUT2D eigenvalue weighted by Gasteiger charge is 2.30. The molecule has 1 aliphatic carbocycles. The van der Waals surface area contributed by atoms with Crippen LogP contribution in [0.2, 0.25) is 25.7 Å². The lowest BCUT2D eigenvalue weighted by Gasteiger charge is -2.26. The molecule has 0 bridgehead atoms. The average Bonchev–Trinajstić information content (AvgIpc) is 3.46. The summed E-state index contributed by atoms with van der Waals surface area (Å²) in [7, 11) is 0.396. The minimum Gasteiger partial charge on any atom is -0.383 e. The molecule has 10 heteroatoms. The number of aromatic nitrogens is 3. The Bertz CT molecular complexity index is 1350. The molecule has 2 aliphatic rings. The number of ether oxygens (including phenoxy) is 2. The number of pyridine rings is 2. The van der Waals surface area contributed by atoms with Gasteiger partial charge in [-0.15, -0.1) is 0 Å². The highest BCUT2D eigenvalue weighted by Crippen LogP contribution is 2.40. The molecule has 37 heavy (non-hydrogen) atoms. The number of anilines is 1. The predicted octanol–water partition coefficient (Wildman–Crippen LogP) is 5.21. The third-order valence-corrected chi connectivity index (χ3v) is 9.15. The van der Waals surface area contributed by atoms with E-state index in [-0.39, 0.29) is 24.1 Å². The number of carbonyl (C=O) groups excluding carboxylic acids is 1. The largest absolute Gasteiger partial charge is 0.383 e. The Balaban J connectivity index is 1.47. The fraction of sp³-hybridized carbons (Fsp3) is 0.519. The van der Waals surface area contributed by atoms with E-state index in [1.807, 2.05) is 4.57 Å². The molecule has 1 fully saturated rings. The molecule has 1 unspecified atom stereocenters. The molecule has 1 saturated carbocycles. The Morgan fingerprint density at radius 2 is 2.03 bits per heavy atom. The van der Waals surface area contributed by atoms with Crippen molar-refractivity contribution in [3.8, 4) is 0 Å². The van der Waals surface area contributed by atoms with Crippen LogP contribution >= 0.6 is 0 Å². The van der Waals surface area contributed by atoms with E-state index in [9.17, 15) is 9.18 Å². The highest BCUT2D eigenvalue weighted by molar-refractivity contribution is 6.76. The fourth-order valence-electron chi connectivity index (χ4n) is 4.80. The van der Waals surface area contributed by atoms with Gasteiger partial charge in [-0.1, -0.05) is 19.6 Å². The number of amides is 1. The second kappa shape index (κ2) is 9.81. The molecule has 3 aromatic heterocycles. The topological polar surface area (TPSA) is 95.5 Å². The summed E-state index contributed by atoms with van der Waals surface area (Å²) in [5.74, 6) is 0.182. The lowest BCUT2D eigenvalue weighted by molar-refractivity contribution is 0.0666. The minimum atomic E-state index is -1.28. The number of hydrogen-bond donors (Lipinski definition) is 1. The Hall–Kier alpha value is -2.82. The Labute approximate surface area is 218 Å². The Kier molecular flexibility index (Phi) is 6.84. The maximum Gasteiger partial charge on any atom is 0.270 e. The molecule has 1 aliphatic heterocycles. The molecule has 1 atom stereocenters. The molecular formula is C27H36FN5O3Si. The van der Waals surface area contributed by atoms with E-state index < -0.39 is 14.1 Å². The number of rotatable bonds is 9. The van der Waals surface area contributed by atoms with Crippen molar-refractivity contribution in [2.24, 2.45) is 0 Å². The van der Waals surface area contributed by atoms with Gasteiger partial charge in [0.05, 0.1) is 36.0 Å². The van der Waals surface area contributed by atoms with E-state index >= 15 is 0 Å². The van der Waals surface area contributed by atoms with E-state index in [0.717, 1.165) is 41.1 Å². The third kappa shape index (κ3) is 5.14. The molecule has 3 aromatic rings. The maximum atomic E-state index is 15.0. The lowest BCUT2D eigenvalue weighted by atomic mass is 10.1. The van der Waals surface area contributed by atoms with Gasteiger partial charge in [-0.3, -0.25) is 9.78 Å². The van der Waals surface area contributed by atoms with Crippen LogP contribution in [-0.4, -0.2) is 47.1 Å². The summed E-state index contributed by atoms with van der Waals surface area (Å²) in [5.41, 5.74) is 11.0. The number of nitrogens with zero attached hydrogens (tertiary/aromatic N) is 4. The van der Waals surface area contributed by atoms with E-state index in [0.29, 0.717) is 42.8 Å². The summed E-state index contributed by atoms with van der Waals surface area (Å²) in [5, 5.41) is 0. The van der Waals surface area contributed by atoms with Crippen molar-refractivity contribution in [3.63, 3.8) is 0 Å². The third-order valence-electron chi connectivity index (χ3n) is 7.44. The number of nitrogens with two attached hydrogens (primary N) is 1. The van der Waals surface area contributed by atoms with Gasteiger partial charge in [0.25, 0.3) is 5.91 Å². The van der Waals surface area contributed by atoms with Gasteiger partial charge in [0.15, 0.2) is 0 Å². The highest BCUT2D eigenvalue weighted by atomic mass is 28.3. The molecule has 5 rings (SSSR count). The van der Waals surface area contributed by atoms with Crippen molar-refractivity contribution in [2.45, 2.75) is 77.4 Å². The monoisotopic (exact) mass is 525 g/mol. The van der Waals surface area contributed by atoms with Gasteiger partial charge in [-0.05, 0) is 49.4 Å². The quantitative estimate of drug-likeness (QED) is 0.305. The van der Waals surface area contributed by atoms with Gasteiger partial charge in [0, 0.05) is 39.1 Å². The Morgan fingerprint density at radius 3 is 2.70 bits per heavy atom. The molecule has 0 aromatic carbocycles. The summed E-state index contributed by atoms with van der Waals surface area (Å²) in [6, 6.07) is 3.76. The SMILES string of the molecule is CC(c1ncc(C2CC2)cc1F)N(C)C(=O)c1cc2nc(N)c3c(c2n1COCC[Si](C)(C)C)COC3. The molecule has 0 radical (unpaired) electrons. The van der Waals surface area contributed by atoms with Crippen LogP contribution in [0, 0.1) is 5.82 Å². The number of halogens is 1. The molecule has 198 valence electrons. The van der Waals surface area contributed by atoms with Crippen molar-refractivity contribution in [1.82, 2.24) is 19.4 Å². The van der Waals surface area contributed by atoms with Crippen LogP contribution in [0.15, 0.2) is 18.3 Å². The van der Waals surface area contributed by atoms with Gasteiger partial charge in [0.1, 0.15) is 24.1 Å². The summed E-state index contributed by atoms with van der Waals surface area (Å²) in [6.45, 7) is 10.3. The maximum absolute atomic E-state index is 15.0. The smallest absolute Gasteiger partial charge is 0.270 e. The van der Waals surface area contributed by atoms with Gasteiger partial charge < -0.3 is 24.7 Å². The second-order valence-corrected chi connectivity index (χ2v) is 17.1. The fourth-order valence-corrected chi connectivity index (χ4v) is 5.56. The summed E-state index contributed by atoms with van der Waals surface area (Å²) >= 11 is 0. The zero-order valence-corrected chi connectivity index (χ0v) is 23.3. The van der Waals surface area contributed by atoms with Crippen molar-refractivity contribution in [1.29, 1.82) is 0 Å². The molecule has 1 amide bonds. The van der Waals surface area contributed by atoms with E-state index in [4.69, 9.17) is 15.2 Å². The van der Waals surface area contributed by atoms with Gasteiger partial charge in [0.2, 0.25) is 0 Å². The summed E-state index contributed by atoms with van der Waals surface area (Å²) < 4.78 is 28.6. The predicted molar refractivity (Wildman–Crippen MR) is 143 cm³/mol. The van der Waals surface area contributed by atoms with E-state index in [2.05, 4.69) is 29.6 Å². The van der Waals surface area contributed by atoms with Gasteiger partial charge in [-0.2, -0.15) is 0 Å². The number of hydrogen-bond acceptors (Lipinski definition) is 6. The lowest BCUT2D eigenvalue weighted by Crippen LogP contribution is -2.32. The van der Waals surface area contributed by atoms with Gasteiger partial charge in [-0.25, -0.2) is 9.37 Å². The first-order valence-corrected chi connectivity index (χ1v) is 16.6. The first-order chi connectivity index (χ1) is 17.5.